The standard InChI is InChI=1S/C9HClF16O2.Li/c10-9(25,26)8(23,24)7(21,22)6(19,20)5(17,18)4(15,16)3(13,14)2(11,12)1(27)28;/h(H,27,28);/q;+1/p-1. The number of hydrogen-bond donors (Lipinski definition) is 0. The largest absolute Gasteiger partial charge is 1.00 e. The van der Waals surface area contributed by atoms with Crippen molar-refractivity contribution < 1.29 is 99.0 Å². The van der Waals surface area contributed by atoms with Gasteiger partial charge in [0.15, 0.2) is 0 Å². The SMILES string of the molecule is O=C([O-])C(F)(F)C(F)(F)C(F)(F)C(F)(F)C(F)(F)C(F)(F)C(F)(F)C(F)(F)Cl.[Li+]. The predicted octanol–water partition coefficient (Wildman–Crippen LogP) is 1.02. The summed E-state index contributed by atoms with van der Waals surface area (Å²) in [5.74, 6) is -62.3. The molecule has 0 aromatic carbocycles. The van der Waals surface area contributed by atoms with Gasteiger partial charge in [-0.05, 0) is 11.6 Å². The Morgan fingerprint density at radius 2 is 0.724 bits per heavy atom. The number of carboxylic acid groups (broad SMARTS) is 1. The van der Waals surface area contributed by atoms with Crippen LogP contribution >= 0.6 is 11.6 Å². The van der Waals surface area contributed by atoms with Gasteiger partial charge in [0, 0.05) is 0 Å². The molecule has 20 heteroatoms. The van der Waals surface area contributed by atoms with Crippen LogP contribution in [0.3, 0.4) is 0 Å². The molecule has 0 saturated carbocycles. The fourth-order valence-electron chi connectivity index (χ4n) is 1.29. The second-order valence-electron chi connectivity index (χ2n) is 4.81. The van der Waals surface area contributed by atoms with E-state index in [0.717, 1.165) is 0 Å². The van der Waals surface area contributed by atoms with E-state index in [0.29, 0.717) is 0 Å². The quantitative estimate of drug-likeness (QED) is 0.292. The number of rotatable bonds is 8. The normalized spacial score (nSPS) is 15.8. The van der Waals surface area contributed by atoms with Gasteiger partial charge in [-0.2, -0.15) is 70.2 Å². The van der Waals surface area contributed by atoms with Crippen molar-refractivity contribution in [2.45, 2.75) is 46.8 Å². The van der Waals surface area contributed by atoms with E-state index in [1.165, 1.54) is 0 Å². The van der Waals surface area contributed by atoms with Gasteiger partial charge >= 0.3 is 65.7 Å². The summed E-state index contributed by atoms with van der Waals surface area (Å²) in [7, 11) is 0. The maximum Gasteiger partial charge on any atom is 1.00 e. The molecule has 168 valence electrons. The zero-order valence-corrected chi connectivity index (χ0v) is 13.5. The van der Waals surface area contributed by atoms with E-state index in [-0.39, 0.29) is 18.9 Å². The van der Waals surface area contributed by atoms with E-state index in [1.807, 2.05) is 0 Å². The molecule has 0 aromatic heterocycles. The molecule has 0 heterocycles. The number of aliphatic carboxylic acids is 1. The van der Waals surface area contributed by atoms with Gasteiger partial charge in [-0.15, -0.1) is 0 Å². The van der Waals surface area contributed by atoms with E-state index < -0.39 is 52.8 Å². The van der Waals surface area contributed by atoms with Crippen LogP contribution in [0.25, 0.3) is 0 Å². The summed E-state index contributed by atoms with van der Waals surface area (Å²) < 4.78 is 204. The van der Waals surface area contributed by atoms with Gasteiger partial charge in [-0.25, -0.2) is 0 Å². The van der Waals surface area contributed by atoms with Gasteiger partial charge in [0.05, 0.1) is 0 Å². The van der Waals surface area contributed by atoms with Crippen LogP contribution in [0.5, 0.6) is 0 Å². The monoisotopic (exact) mass is 486 g/mol. The van der Waals surface area contributed by atoms with Crippen LogP contribution in [0.4, 0.5) is 70.2 Å². The molecular weight excluding hydrogens is 486 g/mol. The summed E-state index contributed by atoms with van der Waals surface area (Å²) >= 11 is 3.30. The van der Waals surface area contributed by atoms with Crippen LogP contribution in [-0.2, 0) is 4.79 Å². The summed E-state index contributed by atoms with van der Waals surface area (Å²) in [5, 5.41) is 2.81. The van der Waals surface area contributed by atoms with Gasteiger partial charge in [-0.3, -0.25) is 0 Å². The Morgan fingerprint density at radius 1 is 0.517 bits per heavy atom. The summed E-state index contributed by atoms with van der Waals surface area (Å²) in [5.41, 5.74) is 0. The van der Waals surface area contributed by atoms with Crippen molar-refractivity contribution in [3.8, 4) is 0 Å². The number of alkyl halides is 17. The first-order chi connectivity index (χ1) is 11.7. The number of hydrogen-bond acceptors (Lipinski definition) is 2. The zero-order valence-electron chi connectivity index (χ0n) is 12.7. The second-order valence-corrected chi connectivity index (χ2v) is 5.28. The van der Waals surface area contributed by atoms with Crippen LogP contribution in [0, 0.1) is 0 Å². The van der Waals surface area contributed by atoms with Gasteiger partial charge in [0.2, 0.25) is 0 Å². The van der Waals surface area contributed by atoms with Crippen molar-refractivity contribution in [3.05, 3.63) is 0 Å². The first-order valence-corrected chi connectivity index (χ1v) is 6.00. The fraction of sp³-hybridized carbons (Fsp3) is 0.889. The van der Waals surface area contributed by atoms with E-state index >= 15 is 0 Å². The first-order valence-electron chi connectivity index (χ1n) is 5.62. The third kappa shape index (κ3) is 3.73. The number of carbonyl (C=O) groups is 1. The Kier molecular flexibility index (Phi) is 7.80. The van der Waals surface area contributed by atoms with E-state index in [9.17, 15) is 80.1 Å². The molecule has 29 heavy (non-hydrogen) atoms. The summed E-state index contributed by atoms with van der Waals surface area (Å²) in [6.07, 6.45) is 0. The third-order valence-corrected chi connectivity index (χ3v) is 3.22. The van der Waals surface area contributed by atoms with Gasteiger partial charge < -0.3 is 9.90 Å². The summed E-state index contributed by atoms with van der Waals surface area (Å²) in [4.78, 5) is 9.69. The van der Waals surface area contributed by atoms with Crippen LogP contribution in [0.15, 0.2) is 0 Å². The summed E-state index contributed by atoms with van der Waals surface area (Å²) in [6.45, 7) is 0. The average Bonchev–Trinajstić information content (AvgIpc) is 2.44. The molecular formula is C9ClF16LiO2. The average molecular weight is 486 g/mol. The van der Waals surface area contributed by atoms with Crippen molar-refractivity contribution in [3.63, 3.8) is 0 Å². The maximum absolute atomic E-state index is 13.1. The van der Waals surface area contributed by atoms with Crippen molar-refractivity contribution >= 4 is 17.6 Å². The van der Waals surface area contributed by atoms with Crippen molar-refractivity contribution in [2.75, 3.05) is 0 Å². The Morgan fingerprint density at radius 3 is 0.931 bits per heavy atom. The van der Waals surface area contributed by atoms with Crippen LogP contribution in [-0.4, -0.2) is 52.8 Å². The number of halogens is 17. The Labute approximate surface area is 164 Å². The second kappa shape index (κ2) is 7.43. The Hall–Kier alpha value is -0.763. The molecule has 0 rings (SSSR count). The van der Waals surface area contributed by atoms with Gasteiger partial charge in [0.1, 0.15) is 5.97 Å². The number of carboxylic acids is 1. The fourth-order valence-corrected chi connectivity index (χ4v) is 1.41. The van der Waals surface area contributed by atoms with Gasteiger partial charge in [0.25, 0.3) is 0 Å². The molecule has 0 spiro atoms. The molecule has 2 nitrogen and oxygen atoms in total. The molecule has 0 bridgehead atoms. The number of carbonyl (C=O) groups excluding carboxylic acids is 1. The zero-order chi connectivity index (χ0) is 23.6. The minimum absolute atomic E-state index is 0. The van der Waals surface area contributed by atoms with E-state index in [2.05, 4.69) is 11.6 Å². The molecule has 0 atom stereocenters. The minimum Gasteiger partial charge on any atom is -0.544 e. The van der Waals surface area contributed by atoms with Crippen molar-refractivity contribution in [2.24, 2.45) is 0 Å². The van der Waals surface area contributed by atoms with Crippen LogP contribution < -0.4 is 24.0 Å². The molecule has 0 aromatic rings. The molecule has 0 aliphatic heterocycles. The molecule has 0 amide bonds. The third-order valence-electron chi connectivity index (χ3n) is 2.98. The Bertz CT molecular complexity index is 626. The molecule has 0 saturated heterocycles. The maximum atomic E-state index is 13.1. The summed E-state index contributed by atoms with van der Waals surface area (Å²) in [6, 6.07) is 0. The topological polar surface area (TPSA) is 40.1 Å². The predicted molar refractivity (Wildman–Crippen MR) is 50.4 cm³/mol. The van der Waals surface area contributed by atoms with Crippen molar-refractivity contribution in [1.29, 1.82) is 0 Å². The van der Waals surface area contributed by atoms with E-state index in [1.54, 1.807) is 0 Å². The Balaban J connectivity index is 0. The van der Waals surface area contributed by atoms with E-state index in [4.69, 9.17) is 0 Å². The molecule has 0 radical (unpaired) electrons. The molecule has 0 fully saturated rings. The molecule has 0 aliphatic rings. The van der Waals surface area contributed by atoms with Gasteiger partial charge in [-0.1, -0.05) is 0 Å². The molecule has 0 unspecified atom stereocenters. The minimum atomic E-state index is -8.68. The van der Waals surface area contributed by atoms with Crippen LogP contribution in [0.1, 0.15) is 0 Å². The van der Waals surface area contributed by atoms with Crippen molar-refractivity contribution in [1.82, 2.24) is 0 Å². The molecule has 0 aliphatic carbocycles. The first kappa shape index (κ1) is 30.4. The molecule has 0 N–H and O–H groups in total. The van der Waals surface area contributed by atoms with Crippen LogP contribution in [0.2, 0.25) is 0 Å². The smallest absolute Gasteiger partial charge is 0.544 e.